The van der Waals surface area contributed by atoms with Gasteiger partial charge in [0.1, 0.15) is 0 Å². The van der Waals surface area contributed by atoms with E-state index in [-0.39, 0.29) is 19.2 Å². The molecule has 3 rings (SSSR count). The number of amides is 1. The van der Waals surface area contributed by atoms with E-state index in [1.54, 1.807) is 0 Å². The minimum absolute atomic E-state index is 0.0829. The van der Waals surface area contributed by atoms with Crippen LogP contribution in [0.1, 0.15) is 49.0 Å². The zero-order valence-electron chi connectivity index (χ0n) is 15.2. The summed E-state index contributed by atoms with van der Waals surface area (Å²) in [4.78, 5) is 12.1. The summed E-state index contributed by atoms with van der Waals surface area (Å²) in [5.74, 6) is 1.84. The first-order valence-corrected chi connectivity index (χ1v) is 8.96. The molecule has 1 unspecified atom stereocenters. The van der Waals surface area contributed by atoms with Crippen LogP contribution in [0.5, 0.6) is 11.5 Å². The minimum Gasteiger partial charge on any atom is -0.454 e. The van der Waals surface area contributed by atoms with Gasteiger partial charge in [0.15, 0.2) is 11.5 Å². The molecule has 2 aromatic rings. The second-order valence-electron chi connectivity index (χ2n) is 6.83. The molecule has 0 radical (unpaired) electrons. The molecule has 138 valence electrons. The van der Waals surface area contributed by atoms with Crippen molar-refractivity contribution in [1.29, 1.82) is 0 Å². The van der Waals surface area contributed by atoms with Crippen molar-refractivity contribution in [2.75, 3.05) is 13.3 Å². The number of aliphatic hydroxyl groups is 1. The molecule has 0 aliphatic carbocycles. The average molecular weight is 355 g/mol. The van der Waals surface area contributed by atoms with Gasteiger partial charge in [-0.25, -0.2) is 0 Å². The predicted molar refractivity (Wildman–Crippen MR) is 99.4 cm³/mol. The molecular formula is C21H25NO4. The molecule has 1 aliphatic rings. The van der Waals surface area contributed by atoms with Crippen molar-refractivity contribution in [1.82, 2.24) is 5.32 Å². The van der Waals surface area contributed by atoms with E-state index in [0.29, 0.717) is 18.8 Å². The van der Waals surface area contributed by atoms with Crippen molar-refractivity contribution in [3.05, 3.63) is 59.2 Å². The summed E-state index contributed by atoms with van der Waals surface area (Å²) >= 11 is 0. The lowest BCUT2D eigenvalue weighted by molar-refractivity contribution is -0.121. The molecule has 1 amide bonds. The standard InChI is InChI=1S/C21H25NO4/c1-14(2)16-5-7-17(8-6-16)18(23)12-22-21(24)10-4-15-3-9-19-20(11-15)26-13-25-19/h3,5-9,11,14,18,23H,4,10,12-13H2,1-2H3,(H,22,24). The van der Waals surface area contributed by atoms with Crippen LogP contribution in [0, 0.1) is 0 Å². The van der Waals surface area contributed by atoms with Gasteiger partial charge in [-0.3, -0.25) is 4.79 Å². The largest absolute Gasteiger partial charge is 0.454 e. The molecule has 0 fully saturated rings. The molecule has 5 heteroatoms. The van der Waals surface area contributed by atoms with E-state index in [9.17, 15) is 9.90 Å². The summed E-state index contributed by atoms with van der Waals surface area (Å²) < 4.78 is 10.6. The highest BCUT2D eigenvalue weighted by Crippen LogP contribution is 2.32. The molecule has 26 heavy (non-hydrogen) atoms. The van der Waals surface area contributed by atoms with Gasteiger partial charge in [0.25, 0.3) is 0 Å². The minimum atomic E-state index is -0.703. The van der Waals surface area contributed by atoms with Crippen LogP contribution in [0.2, 0.25) is 0 Å². The van der Waals surface area contributed by atoms with Gasteiger partial charge in [-0.1, -0.05) is 44.2 Å². The summed E-state index contributed by atoms with van der Waals surface area (Å²) in [7, 11) is 0. The highest BCUT2D eigenvalue weighted by Gasteiger charge is 2.14. The van der Waals surface area contributed by atoms with Gasteiger partial charge in [0.05, 0.1) is 6.10 Å². The molecule has 1 aliphatic heterocycles. The van der Waals surface area contributed by atoms with E-state index in [4.69, 9.17) is 9.47 Å². The molecule has 0 saturated heterocycles. The van der Waals surface area contributed by atoms with Gasteiger partial charge in [0, 0.05) is 13.0 Å². The Morgan fingerprint density at radius 1 is 1.08 bits per heavy atom. The number of nitrogens with one attached hydrogen (secondary N) is 1. The summed E-state index contributed by atoms with van der Waals surface area (Å²) in [6, 6.07) is 13.6. The maximum absolute atomic E-state index is 12.1. The molecule has 2 N–H and O–H groups in total. The Hall–Kier alpha value is -2.53. The Morgan fingerprint density at radius 2 is 1.77 bits per heavy atom. The molecular weight excluding hydrogens is 330 g/mol. The van der Waals surface area contributed by atoms with Crippen LogP contribution in [0.4, 0.5) is 0 Å². The number of carbonyl (C=O) groups is 1. The molecule has 1 heterocycles. The first-order chi connectivity index (χ1) is 12.5. The van der Waals surface area contributed by atoms with Gasteiger partial charge in [-0.2, -0.15) is 0 Å². The monoisotopic (exact) mass is 355 g/mol. The second kappa shape index (κ2) is 8.23. The number of hydrogen-bond donors (Lipinski definition) is 2. The van der Waals surface area contributed by atoms with Crippen molar-refractivity contribution in [3.63, 3.8) is 0 Å². The van der Waals surface area contributed by atoms with E-state index in [2.05, 4.69) is 19.2 Å². The lowest BCUT2D eigenvalue weighted by atomic mass is 10.00. The predicted octanol–water partition coefficient (Wildman–Crippen LogP) is 3.32. The van der Waals surface area contributed by atoms with Gasteiger partial charge in [0.2, 0.25) is 12.7 Å². The number of aryl methyl sites for hydroxylation is 1. The molecule has 0 bridgehead atoms. The third-order valence-corrected chi connectivity index (χ3v) is 4.56. The Kier molecular flexibility index (Phi) is 5.78. The fourth-order valence-corrected chi connectivity index (χ4v) is 2.87. The molecule has 0 saturated carbocycles. The summed E-state index contributed by atoms with van der Waals surface area (Å²) in [6.45, 7) is 4.72. The third-order valence-electron chi connectivity index (χ3n) is 4.56. The topological polar surface area (TPSA) is 67.8 Å². The summed E-state index contributed by atoms with van der Waals surface area (Å²) in [6.07, 6.45) is 0.269. The number of carbonyl (C=O) groups excluding carboxylic acids is 1. The Balaban J connectivity index is 1.44. The molecule has 2 aromatic carbocycles. The van der Waals surface area contributed by atoms with E-state index in [1.807, 2.05) is 42.5 Å². The van der Waals surface area contributed by atoms with Gasteiger partial charge >= 0.3 is 0 Å². The van der Waals surface area contributed by atoms with Gasteiger partial charge in [-0.05, 0) is 41.2 Å². The molecule has 0 spiro atoms. The first-order valence-electron chi connectivity index (χ1n) is 8.96. The highest BCUT2D eigenvalue weighted by atomic mass is 16.7. The number of rotatable bonds is 7. The van der Waals surface area contributed by atoms with Crippen LogP contribution in [0.15, 0.2) is 42.5 Å². The van der Waals surface area contributed by atoms with Crippen molar-refractivity contribution in [2.24, 2.45) is 0 Å². The maximum atomic E-state index is 12.1. The number of ether oxygens (including phenoxy) is 2. The van der Waals surface area contributed by atoms with Crippen LogP contribution < -0.4 is 14.8 Å². The zero-order chi connectivity index (χ0) is 18.5. The lowest BCUT2D eigenvalue weighted by Crippen LogP contribution is -2.28. The smallest absolute Gasteiger partial charge is 0.231 e. The number of hydrogen-bond acceptors (Lipinski definition) is 4. The fraction of sp³-hybridized carbons (Fsp3) is 0.381. The van der Waals surface area contributed by atoms with Crippen LogP contribution in [-0.2, 0) is 11.2 Å². The van der Waals surface area contributed by atoms with Crippen LogP contribution >= 0.6 is 0 Å². The second-order valence-corrected chi connectivity index (χ2v) is 6.83. The molecule has 5 nitrogen and oxygen atoms in total. The maximum Gasteiger partial charge on any atom is 0.231 e. The van der Waals surface area contributed by atoms with Crippen molar-refractivity contribution < 1.29 is 19.4 Å². The Bertz CT molecular complexity index is 755. The van der Waals surface area contributed by atoms with Crippen molar-refractivity contribution in [2.45, 2.75) is 38.7 Å². The van der Waals surface area contributed by atoms with E-state index >= 15 is 0 Å². The van der Waals surface area contributed by atoms with E-state index < -0.39 is 6.10 Å². The summed E-state index contributed by atoms with van der Waals surface area (Å²) in [5, 5.41) is 13.0. The lowest BCUT2D eigenvalue weighted by Gasteiger charge is -2.14. The number of aliphatic hydroxyl groups excluding tert-OH is 1. The van der Waals surface area contributed by atoms with Crippen LogP contribution in [-0.4, -0.2) is 24.4 Å². The fourth-order valence-electron chi connectivity index (χ4n) is 2.87. The van der Waals surface area contributed by atoms with Crippen molar-refractivity contribution >= 4 is 5.91 Å². The quantitative estimate of drug-likeness (QED) is 0.799. The number of benzene rings is 2. The Morgan fingerprint density at radius 3 is 2.50 bits per heavy atom. The average Bonchev–Trinajstić information content (AvgIpc) is 3.12. The SMILES string of the molecule is CC(C)c1ccc(C(O)CNC(=O)CCc2ccc3c(c2)OCO3)cc1. The number of fused-ring (bicyclic) bond motifs is 1. The first kappa shape index (κ1) is 18.3. The normalized spacial score (nSPS) is 13.7. The molecule has 0 aromatic heterocycles. The third kappa shape index (κ3) is 4.55. The Labute approximate surface area is 153 Å². The van der Waals surface area contributed by atoms with Gasteiger partial charge < -0.3 is 19.9 Å². The zero-order valence-corrected chi connectivity index (χ0v) is 15.2. The van der Waals surface area contributed by atoms with Crippen LogP contribution in [0.3, 0.4) is 0 Å². The van der Waals surface area contributed by atoms with Gasteiger partial charge in [-0.15, -0.1) is 0 Å². The highest BCUT2D eigenvalue weighted by molar-refractivity contribution is 5.76. The van der Waals surface area contributed by atoms with Crippen molar-refractivity contribution in [3.8, 4) is 11.5 Å². The van der Waals surface area contributed by atoms with Crippen LogP contribution in [0.25, 0.3) is 0 Å². The van der Waals surface area contributed by atoms with E-state index in [1.165, 1.54) is 5.56 Å². The molecule has 1 atom stereocenters. The van der Waals surface area contributed by atoms with E-state index in [0.717, 1.165) is 22.6 Å². The summed E-state index contributed by atoms with van der Waals surface area (Å²) in [5.41, 5.74) is 3.06.